The lowest BCUT2D eigenvalue weighted by atomic mass is 10.2. The van der Waals surface area contributed by atoms with Gasteiger partial charge in [-0.1, -0.05) is 30.3 Å². The summed E-state index contributed by atoms with van der Waals surface area (Å²) in [7, 11) is 1.61. The van der Waals surface area contributed by atoms with Crippen LogP contribution in [0.2, 0.25) is 0 Å². The lowest BCUT2D eigenvalue weighted by Crippen LogP contribution is -2.31. The van der Waals surface area contributed by atoms with Crippen LogP contribution in [0.5, 0.6) is 5.75 Å². The standard InChI is InChI=1S/C21H20N4O3/c1-13(20(26)22-11-14-7-9-15(28-2)10-8-14)25-18-6-4-3-5-16(18)17-12-23-24-21(27)19(17)25/h3-10,12-13H,11H2,1-2H3,(H,22,26)(H,24,27). The average molecular weight is 376 g/mol. The largest absolute Gasteiger partial charge is 0.497 e. The van der Waals surface area contributed by atoms with Gasteiger partial charge in [0.05, 0.1) is 18.8 Å². The summed E-state index contributed by atoms with van der Waals surface area (Å²) in [5.74, 6) is 0.594. The van der Waals surface area contributed by atoms with Crippen LogP contribution in [0.4, 0.5) is 0 Å². The minimum atomic E-state index is -0.566. The minimum absolute atomic E-state index is 0.172. The molecule has 1 atom stereocenters. The second-order valence-electron chi connectivity index (χ2n) is 6.59. The van der Waals surface area contributed by atoms with E-state index in [4.69, 9.17) is 4.74 Å². The van der Waals surface area contributed by atoms with Crippen LogP contribution in [-0.2, 0) is 11.3 Å². The number of nitrogens with zero attached hydrogens (tertiary/aromatic N) is 2. The number of benzene rings is 2. The molecule has 0 fully saturated rings. The van der Waals surface area contributed by atoms with Crippen LogP contribution in [-0.4, -0.2) is 27.8 Å². The molecule has 7 nitrogen and oxygen atoms in total. The molecule has 4 rings (SSSR count). The highest BCUT2D eigenvalue weighted by Gasteiger charge is 2.22. The molecule has 0 saturated heterocycles. The van der Waals surface area contributed by atoms with Crippen molar-refractivity contribution >= 4 is 27.7 Å². The first-order valence-corrected chi connectivity index (χ1v) is 8.97. The third-order valence-electron chi connectivity index (χ3n) is 4.92. The van der Waals surface area contributed by atoms with Crippen molar-refractivity contribution in [1.82, 2.24) is 20.1 Å². The summed E-state index contributed by atoms with van der Waals surface area (Å²) in [5, 5.41) is 10.9. The van der Waals surface area contributed by atoms with Crippen LogP contribution >= 0.6 is 0 Å². The Kier molecular flexibility index (Phi) is 4.57. The molecular formula is C21H20N4O3. The second-order valence-corrected chi connectivity index (χ2v) is 6.59. The van der Waals surface area contributed by atoms with Crippen molar-refractivity contribution in [1.29, 1.82) is 0 Å². The van der Waals surface area contributed by atoms with Crippen molar-refractivity contribution in [3.8, 4) is 5.75 Å². The quantitative estimate of drug-likeness (QED) is 0.561. The van der Waals surface area contributed by atoms with Crippen LogP contribution in [0.1, 0.15) is 18.5 Å². The van der Waals surface area contributed by atoms with Crippen molar-refractivity contribution in [2.75, 3.05) is 7.11 Å². The van der Waals surface area contributed by atoms with Gasteiger partial charge in [0, 0.05) is 17.3 Å². The van der Waals surface area contributed by atoms with Crippen LogP contribution in [0.15, 0.2) is 59.5 Å². The predicted molar refractivity (Wildman–Crippen MR) is 107 cm³/mol. The second kappa shape index (κ2) is 7.19. The normalized spacial score (nSPS) is 12.2. The Morgan fingerprint density at radius 1 is 1.18 bits per heavy atom. The summed E-state index contributed by atoms with van der Waals surface area (Å²) in [6, 6.07) is 14.6. The van der Waals surface area contributed by atoms with Gasteiger partial charge >= 0.3 is 0 Å². The topological polar surface area (TPSA) is 89.0 Å². The Labute approximate surface area is 160 Å². The van der Waals surface area contributed by atoms with Gasteiger partial charge in [-0.25, -0.2) is 5.10 Å². The zero-order valence-electron chi connectivity index (χ0n) is 15.6. The van der Waals surface area contributed by atoms with Gasteiger partial charge < -0.3 is 14.6 Å². The molecule has 2 aromatic heterocycles. The Balaban J connectivity index is 1.66. The molecule has 2 heterocycles. The molecule has 2 N–H and O–H groups in total. The summed E-state index contributed by atoms with van der Waals surface area (Å²) in [5.41, 5.74) is 1.92. The maximum atomic E-state index is 12.9. The third-order valence-corrected chi connectivity index (χ3v) is 4.92. The van der Waals surface area contributed by atoms with E-state index in [0.717, 1.165) is 27.6 Å². The number of rotatable bonds is 5. The Morgan fingerprint density at radius 3 is 2.68 bits per heavy atom. The van der Waals surface area contributed by atoms with Crippen molar-refractivity contribution in [2.45, 2.75) is 19.5 Å². The SMILES string of the molecule is COc1ccc(CNC(=O)C(C)n2c3ccccc3c3cn[nH]c(=O)c32)cc1. The lowest BCUT2D eigenvalue weighted by Gasteiger charge is -2.16. The highest BCUT2D eigenvalue weighted by Crippen LogP contribution is 2.29. The van der Waals surface area contributed by atoms with Gasteiger partial charge in [-0.05, 0) is 30.7 Å². The fourth-order valence-corrected chi connectivity index (χ4v) is 3.46. The molecule has 0 aliphatic heterocycles. The molecule has 0 radical (unpaired) electrons. The van der Waals surface area contributed by atoms with Gasteiger partial charge in [-0.2, -0.15) is 5.10 Å². The summed E-state index contributed by atoms with van der Waals surface area (Å²) >= 11 is 0. The van der Waals surface area contributed by atoms with Gasteiger partial charge in [-0.3, -0.25) is 9.59 Å². The molecule has 0 saturated carbocycles. The summed E-state index contributed by atoms with van der Waals surface area (Å²) < 4.78 is 6.92. The first-order chi connectivity index (χ1) is 13.6. The van der Waals surface area contributed by atoms with Crippen LogP contribution < -0.4 is 15.6 Å². The Morgan fingerprint density at radius 2 is 1.93 bits per heavy atom. The van der Waals surface area contributed by atoms with E-state index in [-0.39, 0.29) is 11.5 Å². The van der Waals surface area contributed by atoms with E-state index in [2.05, 4.69) is 15.5 Å². The lowest BCUT2D eigenvalue weighted by molar-refractivity contribution is -0.123. The molecule has 0 aliphatic rings. The number of hydrogen-bond acceptors (Lipinski definition) is 4. The number of ether oxygens (including phenoxy) is 1. The molecule has 2 aromatic carbocycles. The number of aromatic nitrogens is 3. The van der Waals surface area contributed by atoms with Gasteiger partial charge in [0.1, 0.15) is 17.3 Å². The maximum Gasteiger partial charge on any atom is 0.288 e. The van der Waals surface area contributed by atoms with Crippen LogP contribution in [0, 0.1) is 0 Å². The number of methoxy groups -OCH3 is 1. The molecule has 7 heteroatoms. The van der Waals surface area contributed by atoms with Crippen LogP contribution in [0.3, 0.4) is 0 Å². The number of carbonyl (C=O) groups is 1. The number of aromatic amines is 1. The number of hydrogen-bond donors (Lipinski definition) is 2. The Hall–Kier alpha value is -3.61. The molecule has 0 aliphatic carbocycles. The van der Waals surface area contributed by atoms with E-state index < -0.39 is 6.04 Å². The van der Waals surface area contributed by atoms with E-state index >= 15 is 0 Å². The smallest absolute Gasteiger partial charge is 0.288 e. The minimum Gasteiger partial charge on any atom is -0.497 e. The van der Waals surface area contributed by atoms with E-state index in [1.165, 1.54) is 0 Å². The number of fused-ring (bicyclic) bond motifs is 3. The molecule has 142 valence electrons. The summed E-state index contributed by atoms with van der Waals surface area (Å²) in [6.07, 6.45) is 1.62. The van der Waals surface area contributed by atoms with Gasteiger partial charge in [0.15, 0.2) is 0 Å². The molecule has 28 heavy (non-hydrogen) atoms. The summed E-state index contributed by atoms with van der Waals surface area (Å²) in [6.45, 7) is 2.18. The van der Waals surface area contributed by atoms with E-state index in [9.17, 15) is 9.59 Å². The van der Waals surface area contributed by atoms with Crippen molar-refractivity contribution in [3.05, 3.63) is 70.6 Å². The van der Waals surface area contributed by atoms with Crippen molar-refractivity contribution < 1.29 is 9.53 Å². The number of H-pyrrole nitrogens is 1. The van der Waals surface area contributed by atoms with E-state index in [1.54, 1.807) is 24.8 Å². The third kappa shape index (κ3) is 3.00. The fourth-order valence-electron chi connectivity index (χ4n) is 3.46. The average Bonchev–Trinajstić information content (AvgIpc) is 3.07. The first-order valence-electron chi connectivity index (χ1n) is 8.97. The number of carbonyl (C=O) groups excluding carboxylic acids is 1. The van der Waals surface area contributed by atoms with E-state index in [0.29, 0.717) is 12.1 Å². The summed E-state index contributed by atoms with van der Waals surface area (Å²) in [4.78, 5) is 25.3. The highest BCUT2D eigenvalue weighted by molar-refractivity contribution is 6.08. The Bertz CT molecular complexity index is 1210. The first kappa shape index (κ1) is 17.8. The maximum absolute atomic E-state index is 12.9. The zero-order valence-corrected chi connectivity index (χ0v) is 15.6. The molecule has 1 amide bonds. The van der Waals surface area contributed by atoms with Crippen LogP contribution in [0.25, 0.3) is 21.8 Å². The molecular weight excluding hydrogens is 356 g/mol. The van der Waals surface area contributed by atoms with Gasteiger partial charge in [0.2, 0.25) is 5.91 Å². The predicted octanol–water partition coefficient (Wildman–Crippen LogP) is 2.76. The van der Waals surface area contributed by atoms with Gasteiger partial charge in [0.25, 0.3) is 5.56 Å². The number of amides is 1. The van der Waals surface area contributed by atoms with Gasteiger partial charge in [-0.15, -0.1) is 0 Å². The van der Waals surface area contributed by atoms with Crippen molar-refractivity contribution in [2.24, 2.45) is 0 Å². The number of nitrogens with one attached hydrogen (secondary N) is 2. The molecule has 0 spiro atoms. The molecule has 1 unspecified atom stereocenters. The molecule has 4 aromatic rings. The van der Waals surface area contributed by atoms with E-state index in [1.807, 2.05) is 48.5 Å². The fraction of sp³-hybridized carbons (Fsp3) is 0.190. The molecule has 0 bridgehead atoms. The highest BCUT2D eigenvalue weighted by atomic mass is 16.5. The van der Waals surface area contributed by atoms with Crippen molar-refractivity contribution in [3.63, 3.8) is 0 Å². The zero-order chi connectivity index (χ0) is 19.7. The monoisotopic (exact) mass is 376 g/mol. The number of para-hydroxylation sites is 1.